The van der Waals surface area contributed by atoms with Crippen LogP contribution in [0, 0.1) is 11.3 Å². The van der Waals surface area contributed by atoms with Gasteiger partial charge < -0.3 is 10.2 Å². The summed E-state index contributed by atoms with van der Waals surface area (Å²) in [4.78, 5) is 2.66. The van der Waals surface area contributed by atoms with E-state index in [1.165, 1.54) is 64.0 Å². The first kappa shape index (κ1) is 14.9. The first-order chi connectivity index (χ1) is 10.2. The topological polar surface area (TPSA) is 15.3 Å². The summed E-state index contributed by atoms with van der Waals surface area (Å²) in [5.41, 5.74) is 3.42. The average molecular weight is 286 g/mol. The standard InChI is InChI=1S/C19H30N2/c1-19(2,17-10-7-12-20-14-17)15-21-13-6-5-9-16-8-3-4-11-18(16)21/h3-4,8,11,17,20H,5-7,9-10,12-15H2,1-2H3. The number of hydrogen-bond donors (Lipinski definition) is 1. The van der Waals surface area contributed by atoms with E-state index in [2.05, 4.69) is 48.3 Å². The molecule has 1 unspecified atom stereocenters. The number of rotatable bonds is 3. The van der Waals surface area contributed by atoms with Gasteiger partial charge in [0.2, 0.25) is 0 Å². The van der Waals surface area contributed by atoms with Crippen LogP contribution in [-0.2, 0) is 6.42 Å². The van der Waals surface area contributed by atoms with Crippen molar-refractivity contribution in [3.63, 3.8) is 0 Å². The number of nitrogens with zero attached hydrogens (tertiary/aromatic N) is 1. The smallest absolute Gasteiger partial charge is 0.0398 e. The fourth-order valence-electron chi connectivity index (χ4n) is 4.07. The van der Waals surface area contributed by atoms with Crippen LogP contribution in [0.2, 0.25) is 0 Å². The van der Waals surface area contributed by atoms with Crippen molar-refractivity contribution in [2.75, 3.05) is 31.1 Å². The van der Waals surface area contributed by atoms with Crippen molar-refractivity contribution < 1.29 is 0 Å². The molecular weight excluding hydrogens is 256 g/mol. The largest absolute Gasteiger partial charge is 0.371 e. The summed E-state index contributed by atoms with van der Waals surface area (Å²) >= 11 is 0. The summed E-state index contributed by atoms with van der Waals surface area (Å²) in [5, 5.41) is 3.59. The van der Waals surface area contributed by atoms with Crippen LogP contribution in [0.4, 0.5) is 5.69 Å². The van der Waals surface area contributed by atoms with E-state index in [1.54, 1.807) is 5.56 Å². The highest BCUT2D eigenvalue weighted by atomic mass is 15.1. The van der Waals surface area contributed by atoms with Crippen molar-refractivity contribution in [1.29, 1.82) is 0 Å². The van der Waals surface area contributed by atoms with E-state index >= 15 is 0 Å². The summed E-state index contributed by atoms with van der Waals surface area (Å²) in [6.07, 6.45) is 6.63. The van der Waals surface area contributed by atoms with Crippen LogP contribution in [-0.4, -0.2) is 26.2 Å². The molecule has 116 valence electrons. The van der Waals surface area contributed by atoms with Crippen molar-refractivity contribution in [3.8, 4) is 0 Å². The molecular formula is C19H30N2. The van der Waals surface area contributed by atoms with Crippen molar-refractivity contribution in [2.45, 2.75) is 46.0 Å². The van der Waals surface area contributed by atoms with Crippen LogP contribution < -0.4 is 10.2 Å². The first-order valence-corrected chi connectivity index (χ1v) is 8.70. The molecule has 0 bridgehead atoms. The summed E-state index contributed by atoms with van der Waals surface area (Å²) in [5.74, 6) is 0.807. The highest BCUT2D eigenvalue weighted by Crippen LogP contribution is 2.35. The fraction of sp³-hybridized carbons (Fsp3) is 0.684. The lowest BCUT2D eigenvalue weighted by Crippen LogP contribution is -2.45. The van der Waals surface area contributed by atoms with Gasteiger partial charge in [-0.2, -0.15) is 0 Å². The van der Waals surface area contributed by atoms with Gasteiger partial charge in [-0.15, -0.1) is 0 Å². The lowest BCUT2D eigenvalue weighted by atomic mass is 9.74. The lowest BCUT2D eigenvalue weighted by Gasteiger charge is -2.41. The zero-order valence-corrected chi connectivity index (χ0v) is 13.7. The number of fused-ring (bicyclic) bond motifs is 1. The van der Waals surface area contributed by atoms with E-state index in [0.29, 0.717) is 5.41 Å². The van der Waals surface area contributed by atoms with E-state index < -0.39 is 0 Å². The van der Waals surface area contributed by atoms with Crippen molar-refractivity contribution in [1.82, 2.24) is 5.32 Å². The van der Waals surface area contributed by atoms with Crippen LogP contribution >= 0.6 is 0 Å². The number of benzene rings is 1. The zero-order valence-electron chi connectivity index (χ0n) is 13.7. The number of hydrogen-bond acceptors (Lipinski definition) is 2. The molecule has 1 atom stereocenters. The van der Waals surface area contributed by atoms with Gasteiger partial charge in [-0.25, -0.2) is 0 Å². The third-order valence-electron chi connectivity index (χ3n) is 5.46. The molecule has 3 rings (SSSR count). The van der Waals surface area contributed by atoms with Crippen molar-refractivity contribution in [3.05, 3.63) is 29.8 Å². The van der Waals surface area contributed by atoms with Gasteiger partial charge in [0, 0.05) is 18.8 Å². The molecule has 2 heteroatoms. The highest BCUT2D eigenvalue weighted by molar-refractivity contribution is 5.54. The summed E-state index contributed by atoms with van der Waals surface area (Å²) < 4.78 is 0. The Kier molecular flexibility index (Phi) is 4.54. The average Bonchev–Trinajstić information content (AvgIpc) is 2.71. The van der Waals surface area contributed by atoms with Gasteiger partial charge in [0.15, 0.2) is 0 Å². The van der Waals surface area contributed by atoms with Gasteiger partial charge in [0.1, 0.15) is 0 Å². The molecule has 1 aromatic carbocycles. The Labute approximate surface area is 129 Å². The minimum Gasteiger partial charge on any atom is -0.371 e. The normalized spacial score (nSPS) is 23.5. The van der Waals surface area contributed by atoms with Gasteiger partial charge >= 0.3 is 0 Å². The molecule has 0 radical (unpaired) electrons. The number of nitrogens with one attached hydrogen (secondary N) is 1. The summed E-state index contributed by atoms with van der Waals surface area (Å²) in [6, 6.07) is 9.05. The fourth-order valence-corrected chi connectivity index (χ4v) is 4.07. The molecule has 1 aromatic rings. The van der Waals surface area contributed by atoms with Gasteiger partial charge in [-0.1, -0.05) is 32.0 Å². The molecule has 0 spiro atoms. The molecule has 2 aliphatic rings. The highest BCUT2D eigenvalue weighted by Gasteiger charge is 2.33. The monoisotopic (exact) mass is 286 g/mol. The quantitative estimate of drug-likeness (QED) is 0.908. The van der Waals surface area contributed by atoms with E-state index in [1.807, 2.05) is 0 Å². The number of aryl methyl sites for hydroxylation is 1. The maximum absolute atomic E-state index is 3.59. The molecule has 0 saturated carbocycles. The van der Waals surface area contributed by atoms with Crippen LogP contribution in [0.1, 0.15) is 45.1 Å². The van der Waals surface area contributed by atoms with E-state index in [-0.39, 0.29) is 0 Å². The molecule has 21 heavy (non-hydrogen) atoms. The number of piperidine rings is 1. The van der Waals surface area contributed by atoms with Gasteiger partial charge in [0.05, 0.1) is 0 Å². The molecule has 2 heterocycles. The molecule has 1 fully saturated rings. The molecule has 2 nitrogen and oxygen atoms in total. The Morgan fingerprint density at radius 1 is 1.19 bits per heavy atom. The van der Waals surface area contributed by atoms with Crippen LogP contribution in [0.15, 0.2) is 24.3 Å². The first-order valence-electron chi connectivity index (χ1n) is 8.70. The zero-order chi connectivity index (χ0) is 14.7. The molecule has 0 aliphatic carbocycles. The molecule has 0 amide bonds. The van der Waals surface area contributed by atoms with Crippen molar-refractivity contribution >= 4 is 5.69 Å². The SMILES string of the molecule is CC(C)(CN1CCCCc2ccccc21)C1CCCNC1. The Hall–Kier alpha value is -1.02. The minimum atomic E-state index is 0.380. The van der Waals surface area contributed by atoms with E-state index in [0.717, 1.165) is 5.92 Å². The maximum Gasteiger partial charge on any atom is 0.0398 e. The summed E-state index contributed by atoms with van der Waals surface area (Å²) in [7, 11) is 0. The molecule has 2 aliphatic heterocycles. The Balaban J connectivity index is 1.77. The predicted molar refractivity (Wildman–Crippen MR) is 91.0 cm³/mol. The third-order valence-corrected chi connectivity index (χ3v) is 5.46. The Bertz CT molecular complexity index is 460. The Morgan fingerprint density at radius 2 is 2.05 bits per heavy atom. The number of para-hydroxylation sites is 1. The Morgan fingerprint density at radius 3 is 2.86 bits per heavy atom. The second-order valence-corrected chi connectivity index (χ2v) is 7.54. The maximum atomic E-state index is 3.59. The lowest BCUT2D eigenvalue weighted by molar-refractivity contribution is 0.176. The second kappa shape index (κ2) is 6.39. The van der Waals surface area contributed by atoms with Crippen LogP contribution in [0.5, 0.6) is 0 Å². The van der Waals surface area contributed by atoms with E-state index in [9.17, 15) is 0 Å². The van der Waals surface area contributed by atoms with Crippen LogP contribution in [0.3, 0.4) is 0 Å². The molecule has 0 aromatic heterocycles. The number of anilines is 1. The van der Waals surface area contributed by atoms with Gasteiger partial charge in [-0.05, 0) is 68.2 Å². The predicted octanol–water partition coefficient (Wildman–Crippen LogP) is 3.86. The molecule has 1 saturated heterocycles. The van der Waals surface area contributed by atoms with Gasteiger partial charge in [0.25, 0.3) is 0 Å². The second-order valence-electron chi connectivity index (χ2n) is 7.54. The van der Waals surface area contributed by atoms with Gasteiger partial charge in [-0.3, -0.25) is 0 Å². The van der Waals surface area contributed by atoms with Crippen molar-refractivity contribution in [2.24, 2.45) is 11.3 Å². The van der Waals surface area contributed by atoms with E-state index in [4.69, 9.17) is 0 Å². The third kappa shape index (κ3) is 3.42. The summed E-state index contributed by atoms with van der Waals surface area (Å²) in [6.45, 7) is 9.76. The minimum absolute atomic E-state index is 0.380. The molecule has 1 N–H and O–H groups in total. The van der Waals surface area contributed by atoms with Crippen LogP contribution in [0.25, 0.3) is 0 Å².